The summed E-state index contributed by atoms with van der Waals surface area (Å²) >= 11 is 0. The van der Waals surface area contributed by atoms with Gasteiger partial charge in [-0.25, -0.2) is 4.57 Å². The van der Waals surface area contributed by atoms with Crippen LogP contribution in [-0.2, 0) is 7.05 Å². The second kappa shape index (κ2) is 6.00. The molecule has 0 saturated carbocycles. The van der Waals surface area contributed by atoms with Crippen LogP contribution in [0.2, 0.25) is 0 Å². The van der Waals surface area contributed by atoms with Crippen molar-refractivity contribution < 1.29 is 8.98 Å². The first-order valence-electron chi connectivity index (χ1n) is 8.86. The molecule has 0 atom stereocenters. The minimum Gasteiger partial charge on any atom is -0.456 e. The summed E-state index contributed by atoms with van der Waals surface area (Å²) in [6.07, 6.45) is 2.04. The highest BCUT2D eigenvalue weighted by Gasteiger charge is 2.22. The molecule has 26 heavy (non-hydrogen) atoms. The van der Waals surface area contributed by atoms with Gasteiger partial charge in [0.25, 0.3) is 0 Å². The van der Waals surface area contributed by atoms with Crippen LogP contribution in [0.25, 0.3) is 33.2 Å². The maximum atomic E-state index is 9.81. The Morgan fingerprint density at radius 3 is 2.54 bits per heavy atom. The number of pyridine rings is 1. The van der Waals surface area contributed by atoms with E-state index in [-0.39, 0.29) is 0 Å². The van der Waals surface area contributed by atoms with Gasteiger partial charge in [0.2, 0.25) is 5.69 Å². The third-order valence-electron chi connectivity index (χ3n) is 5.07. The number of nitriles is 1. The molecule has 0 radical (unpaired) electrons. The third kappa shape index (κ3) is 2.38. The Labute approximate surface area is 153 Å². The van der Waals surface area contributed by atoms with E-state index >= 15 is 0 Å². The van der Waals surface area contributed by atoms with Crippen molar-refractivity contribution in [1.29, 1.82) is 5.26 Å². The molecule has 3 nitrogen and oxygen atoms in total. The third-order valence-corrected chi connectivity index (χ3v) is 5.07. The fraction of sp³-hybridized carbons (Fsp3) is 0.217. The second-order valence-electron chi connectivity index (χ2n) is 7.14. The van der Waals surface area contributed by atoms with Gasteiger partial charge in [-0.15, -0.1) is 0 Å². The molecule has 0 aliphatic carbocycles. The van der Waals surface area contributed by atoms with Crippen LogP contribution in [0.3, 0.4) is 0 Å². The highest BCUT2D eigenvalue weighted by atomic mass is 16.3. The number of fused-ring (bicyclic) bond motifs is 3. The van der Waals surface area contributed by atoms with E-state index in [4.69, 9.17) is 4.42 Å². The fourth-order valence-electron chi connectivity index (χ4n) is 3.65. The predicted molar refractivity (Wildman–Crippen MR) is 104 cm³/mol. The molecule has 0 spiro atoms. The van der Waals surface area contributed by atoms with Crippen molar-refractivity contribution in [2.75, 3.05) is 0 Å². The molecule has 0 N–H and O–H groups in total. The Morgan fingerprint density at radius 2 is 1.85 bits per heavy atom. The van der Waals surface area contributed by atoms with E-state index < -0.39 is 0 Å². The molecule has 0 bridgehead atoms. The number of furan rings is 1. The van der Waals surface area contributed by atoms with Crippen LogP contribution in [0.15, 0.2) is 53.1 Å². The molecule has 4 rings (SSSR count). The van der Waals surface area contributed by atoms with Gasteiger partial charge >= 0.3 is 0 Å². The molecular weight excluding hydrogens is 320 g/mol. The van der Waals surface area contributed by atoms with Crippen molar-refractivity contribution in [1.82, 2.24) is 0 Å². The van der Waals surface area contributed by atoms with Gasteiger partial charge < -0.3 is 4.42 Å². The second-order valence-corrected chi connectivity index (χ2v) is 7.14. The van der Waals surface area contributed by atoms with Crippen LogP contribution in [-0.4, -0.2) is 0 Å². The molecular formula is C23H21N2O+. The molecule has 128 valence electrons. The number of nitrogens with zero attached hydrogens (tertiary/aromatic N) is 2. The monoisotopic (exact) mass is 341 g/mol. The number of benzene rings is 2. The Kier molecular flexibility index (Phi) is 3.77. The Balaban J connectivity index is 2.21. The first-order valence-corrected chi connectivity index (χ1v) is 8.86. The topological polar surface area (TPSA) is 40.8 Å². The van der Waals surface area contributed by atoms with Gasteiger partial charge in [0.05, 0.1) is 17.2 Å². The van der Waals surface area contributed by atoms with Gasteiger partial charge in [-0.1, -0.05) is 19.9 Å². The van der Waals surface area contributed by atoms with E-state index in [1.807, 2.05) is 37.5 Å². The molecule has 2 heterocycles. The largest absolute Gasteiger partial charge is 0.456 e. The Hall–Kier alpha value is -3.12. The van der Waals surface area contributed by atoms with Crippen molar-refractivity contribution in [3.8, 4) is 17.3 Å². The van der Waals surface area contributed by atoms with Crippen LogP contribution in [0.5, 0.6) is 0 Å². The average molecular weight is 341 g/mol. The van der Waals surface area contributed by atoms with Gasteiger partial charge in [-0.3, -0.25) is 0 Å². The summed E-state index contributed by atoms with van der Waals surface area (Å²) in [5.41, 5.74) is 6.80. The predicted octanol–water partition coefficient (Wildman–Crippen LogP) is 5.38. The van der Waals surface area contributed by atoms with Crippen LogP contribution in [0, 0.1) is 18.3 Å². The van der Waals surface area contributed by atoms with Crippen molar-refractivity contribution in [3.05, 3.63) is 65.4 Å². The Morgan fingerprint density at radius 1 is 1.04 bits per heavy atom. The highest BCUT2D eigenvalue weighted by molar-refractivity contribution is 6.14. The minimum absolute atomic E-state index is 0.341. The van der Waals surface area contributed by atoms with E-state index in [9.17, 15) is 5.26 Å². The van der Waals surface area contributed by atoms with Crippen LogP contribution < -0.4 is 4.57 Å². The standard InChI is InChI=1S/C23H21N2O/c1-14(2)16-11-17(13-24)22-20(12-16)26-19-9-8-15(3)21(23(19)22)18-7-5-6-10-25(18)4/h5-12,14H,1-4H3/q+1. The lowest BCUT2D eigenvalue weighted by atomic mass is 9.93. The van der Waals surface area contributed by atoms with Crippen molar-refractivity contribution >= 4 is 21.9 Å². The van der Waals surface area contributed by atoms with Crippen LogP contribution >= 0.6 is 0 Å². The molecule has 3 heteroatoms. The van der Waals surface area contributed by atoms with Crippen LogP contribution in [0.1, 0.15) is 36.5 Å². The van der Waals surface area contributed by atoms with E-state index in [0.717, 1.165) is 38.8 Å². The summed E-state index contributed by atoms with van der Waals surface area (Å²) in [5.74, 6) is 0.341. The molecule has 4 aromatic rings. The normalized spacial score (nSPS) is 11.4. The number of hydrogen-bond acceptors (Lipinski definition) is 2. The van der Waals surface area contributed by atoms with Gasteiger partial charge in [0.1, 0.15) is 18.2 Å². The molecule has 2 aromatic heterocycles. The zero-order chi connectivity index (χ0) is 18.4. The lowest BCUT2D eigenvalue weighted by Gasteiger charge is -2.08. The Bertz CT molecular complexity index is 1190. The number of aromatic nitrogens is 1. The number of aryl methyl sites for hydroxylation is 2. The highest BCUT2D eigenvalue weighted by Crippen LogP contribution is 2.40. The summed E-state index contributed by atoms with van der Waals surface area (Å²) in [6.45, 7) is 6.37. The molecule has 0 unspecified atom stereocenters. The lowest BCUT2D eigenvalue weighted by Crippen LogP contribution is -2.30. The van der Waals surface area contributed by atoms with E-state index in [2.05, 4.69) is 49.6 Å². The molecule has 0 amide bonds. The van der Waals surface area contributed by atoms with Gasteiger partial charge in [0, 0.05) is 22.9 Å². The molecule has 2 aromatic carbocycles. The van der Waals surface area contributed by atoms with Gasteiger partial charge in [-0.2, -0.15) is 5.26 Å². The maximum Gasteiger partial charge on any atom is 0.213 e. The van der Waals surface area contributed by atoms with Crippen molar-refractivity contribution in [2.24, 2.45) is 7.05 Å². The smallest absolute Gasteiger partial charge is 0.213 e. The first kappa shape index (κ1) is 16.4. The molecule has 0 aliphatic heterocycles. The zero-order valence-corrected chi connectivity index (χ0v) is 15.5. The first-order chi connectivity index (χ1) is 12.5. The number of rotatable bonds is 2. The SMILES string of the molecule is Cc1ccc2oc3cc(C(C)C)cc(C#N)c3c2c1-c1cccc[n+]1C. The quantitative estimate of drug-likeness (QED) is 0.459. The maximum absolute atomic E-state index is 9.81. The van der Waals surface area contributed by atoms with Crippen LogP contribution in [0.4, 0.5) is 0 Å². The fourth-order valence-corrected chi connectivity index (χ4v) is 3.65. The zero-order valence-electron chi connectivity index (χ0n) is 15.5. The van der Waals surface area contributed by atoms with E-state index in [0.29, 0.717) is 11.5 Å². The molecule has 0 saturated heterocycles. The summed E-state index contributed by atoms with van der Waals surface area (Å²) in [6, 6.07) is 16.7. The summed E-state index contributed by atoms with van der Waals surface area (Å²) in [7, 11) is 2.04. The van der Waals surface area contributed by atoms with E-state index in [1.165, 1.54) is 5.56 Å². The summed E-state index contributed by atoms with van der Waals surface area (Å²) in [4.78, 5) is 0. The van der Waals surface area contributed by atoms with Crippen molar-refractivity contribution in [3.63, 3.8) is 0 Å². The average Bonchev–Trinajstić information content (AvgIpc) is 3.00. The van der Waals surface area contributed by atoms with E-state index in [1.54, 1.807) is 0 Å². The van der Waals surface area contributed by atoms with Gasteiger partial charge in [-0.05, 0) is 48.2 Å². The minimum atomic E-state index is 0.341. The lowest BCUT2D eigenvalue weighted by molar-refractivity contribution is -0.660. The summed E-state index contributed by atoms with van der Waals surface area (Å²) in [5, 5.41) is 11.7. The number of hydrogen-bond donors (Lipinski definition) is 0. The molecule has 0 fully saturated rings. The van der Waals surface area contributed by atoms with Gasteiger partial charge in [0.15, 0.2) is 6.20 Å². The summed E-state index contributed by atoms with van der Waals surface area (Å²) < 4.78 is 8.29. The van der Waals surface area contributed by atoms with Crippen molar-refractivity contribution in [2.45, 2.75) is 26.7 Å². The molecule has 0 aliphatic rings.